The van der Waals surface area contributed by atoms with E-state index in [4.69, 9.17) is 5.73 Å². The van der Waals surface area contributed by atoms with E-state index in [-0.39, 0.29) is 23.7 Å². The van der Waals surface area contributed by atoms with Crippen molar-refractivity contribution < 1.29 is 9.69 Å². The Bertz CT molecular complexity index is 654. The number of Topliss-reactive ketones (excluding diaryl/α,β-unsaturated/α-hetero) is 1. The van der Waals surface area contributed by atoms with Gasteiger partial charge in [-0.25, -0.2) is 4.79 Å². The molecule has 0 spiro atoms. The monoisotopic (exact) mass is 323 g/mol. The number of anilines is 1. The summed E-state index contributed by atoms with van der Waals surface area (Å²) in [6.07, 6.45) is 6.55. The van der Waals surface area contributed by atoms with Crippen LogP contribution in [0.4, 0.5) is 5.82 Å². The summed E-state index contributed by atoms with van der Waals surface area (Å²) in [6, 6.07) is 0. The minimum atomic E-state index is -0.670. The Morgan fingerprint density at radius 1 is 1.17 bits per heavy atom. The second-order valence-corrected chi connectivity index (χ2v) is 6.29. The van der Waals surface area contributed by atoms with Crippen molar-refractivity contribution in [1.82, 2.24) is 9.55 Å². The normalized spacial score (nSPS) is 16.7. The molecule has 7 heteroatoms. The minimum Gasteiger partial charge on any atom is -0.384 e. The molecule has 0 amide bonds. The number of rotatable bonds is 5. The summed E-state index contributed by atoms with van der Waals surface area (Å²) in [6.45, 7) is 4.44. The summed E-state index contributed by atoms with van der Waals surface area (Å²) >= 11 is 0. The van der Waals surface area contributed by atoms with Crippen LogP contribution in [0.3, 0.4) is 0 Å². The van der Waals surface area contributed by atoms with Gasteiger partial charge in [-0.15, -0.1) is 0 Å². The van der Waals surface area contributed by atoms with E-state index in [0.29, 0.717) is 13.0 Å². The second kappa shape index (κ2) is 8.10. The standard InChI is InChI=1S/C16H26N4O3/c1-2-8-20-14(17)13(15(22)18-16(20)23)12(21)11-19-9-6-4-3-5-7-10-19/h2-11,17H2,1H3,(H,18,22,23)/p+1. The van der Waals surface area contributed by atoms with Gasteiger partial charge in [-0.3, -0.25) is 19.1 Å². The quantitative estimate of drug-likeness (QED) is 0.639. The first-order valence-corrected chi connectivity index (χ1v) is 8.54. The zero-order valence-corrected chi connectivity index (χ0v) is 13.8. The summed E-state index contributed by atoms with van der Waals surface area (Å²) < 4.78 is 1.28. The summed E-state index contributed by atoms with van der Waals surface area (Å²) in [4.78, 5) is 39.9. The third-order valence-electron chi connectivity index (χ3n) is 4.44. The second-order valence-electron chi connectivity index (χ2n) is 6.29. The number of likely N-dealkylation sites (tertiary alicyclic amines) is 1. The van der Waals surface area contributed by atoms with Crippen LogP contribution < -0.4 is 21.9 Å². The number of carbonyl (C=O) groups excluding carboxylic acids is 1. The summed E-state index contributed by atoms with van der Waals surface area (Å²) in [5.41, 5.74) is 4.66. The average Bonchev–Trinajstić information content (AvgIpc) is 2.46. The Labute approximate surface area is 135 Å². The summed E-state index contributed by atoms with van der Waals surface area (Å²) in [5.74, 6) is -0.277. The first-order chi connectivity index (χ1) is 11.0. The molecule has 23 heavy (non-hydrogen) atoms. The van der Waals surface area contributed by atoms with Crippen LogP contribution in [-0.4, -0.2) is 35.0 Å². The lowest BCUT2D eigenvalue weighted by molar-refractivity contribution is -0.892. The van der Waals surface area contributed by atoms with E-state index in [1.165, 1.54) is 28.7 Å². The van der Waals surface area contributed by atoms with Gasteiger partial charge in [0, 0.05) is 6.54 Å². The molecule has 1 aromatic heterocycles. The van der Waals surface area contributed by atoms with Crippen molar-refractivity contribution in [2.45, 2.75) is 52.0 Å². The zero-order valence-electron chi connectivity index (χ0n) is 13.8. The molecule has 0 unspecified atom stereocenters. The summed E-state index contributed by atoms with van der Waals surface area (Å²) in [7, 11) is 0. The van der Waals surface area contributed by atoms with Crippen LogP contribution >= 0.6 is 0 Å². The predicted octanol–water partition coefficient (Wildman–Crippen LogP) is -0.439. The lowest BCUT2D eigenvalue weighted by Gasteiger charge is -2.21. The molecule has 7 nitrogen and oxygen atoms in total. The maximum Gasteiger partial charge on any atom is 0.329 e. The number of nitrogens with one attached hydrogen (secondary N) is 2. The number of ketones is 1. The van der Waals surface area contributed by atoms with Crippen molar-refractivity contribution in [2.24, 2.45) is 0 Å². The van der Waals surface area contributed by atoms with E-state index in [1.54, 1.807) is 0 Å². The number of carbonyl (C=O) groups is 1. The van der Waals surface area contributed by atoms with Crippen molar-refractivity contribution in [2.75, 3.05) is 25.4 Å². The third kappa shape index (κ3) is 4.31. The van der Waals surface area contributed by atoms with E-state index in [1.807, 2.05) is 6.92 Å². The lowest BCUT2D eigenvalue weighted by Crippen LogP contribution is -3.13. The van der Waals surface area contributed by atoms with Crippen LogP contribution in [0.2, 0.25) is 0 Å². The van der Waals surface area contributed by atoms with Gasteiger partial charge in [-0.2, -0.15) is 0 Å². The largest absolute Gasteiger partial charge is 0.384 e. The molecule has 1 saturated heterocycles. The van der Waals surface area contributed by atoms with Crippen LogP contribution in [-0.2, 0) is 6.54 Å². The molecule has 1 aliphatic heterocycles. The molecule has 2 rings (SSSR count). The van der Waals surface area contributed by atoms with Gasteiger partial charge in [0.25, 0.3) is 5.56 Å². The third-order valence-corrected chi connectivity index (χ3v) is 4.44. The first kappa shape index (κ1) is 17.5. The van der Waals surface area contributed by atoms with Crippen LogP contribution in [0.15, 0.2) is 9.59 Å². The molecule has 0 atom stereocenters. The zero-order chi connectivity index (χ0) is 16.8. The Balaban J connectivity index is 2.22. The highest BCUT2D eigenvalue weighted by Crippen LogP contribution is 2.06. The number of quaternary nitrogens is 1. The molecule has 0 saturated carbocycles. The minimum absolute atomic E-state index is 0.00274. The first-order valence-electron chi connectivity index (χ1n) is 8.54. The highest BCUT2D eigenvalue weighted by atomic mass is 16.2. The van der Waals surface area contributed by atoms with Crippen molar-refractivity contribution in [3.8, 4) is 0 Å². The highest BCUT2D eigenvalue weighted by Gasteiger charge is 2.23. The number of nitrogen functional groups attached to an aromatic ring is 1. The maximum absolute atomic E-state index is 12.6. The molecule has 0 aromatic carbocycles. The van der Waals surface area contributed by atoms with Crippen LogP contribution in [0.5, 0.6) is 0 Å². The van der Waals surface area contributed by atoms with E-state index in [0.717, 1.165) is 25.9 Å². The fraction of sp³-hybridized carbons (Fsp3) is 0.688. The molecule has 1 aromatic rings. The van der Waals surface area contributed by atoms with E-state index >= 15 is 0 Å². The molecule has 1 aliphatic rings. The molecule has 0 radical (unpaired) electrons. The number of H-pyrrole nitrogens is 1. The van der Waals surface area contributed by atoms with Gasteiger partial charge in [0.2, 0.25) is 5.78 Å². The molecule has 0 aliphatic carbocycles. The van der Waals surface area contributed by atoms with Crippen LogP contribution in [0.1, 0.15) is 55.8 Å². The molecule has 0 bridgehead atoms. The van der Waals surface area contributed by atoms with Crippen molar-refractivity contribution in [3.05, 3.63) is 26.4 Å². The fourth-order valence-corrected chi connectivity index (χ4v) is 3.20. The van der Waals surface area contributed by atoms with Crippen LogP contribution in [0.25, 0.3) is 0 Å². The molecule has 1 fully saturated rings. The van der Waals surface area contributed by atoms with Gasteiger partial charge in [0.05, 0.1) is 13.1 Å². The van der Waals surface area contributed by atoms with Crippen molar-refractivity contribution >= 4 is 11.6 Å². The SMILES string of the molecule is CCCn1c(N)c(C(=O)C[NH+]2CCCCCCC2)c(=O)[nH]c1=O. The Hall–Kier alpha value is -1.89. The number of nitrogens with zero attached hydrogens (tertiary/aromatic N) is 1. The van der Waals surface area contributed by atoms with Gasteiger partial charge in [-0.05, 0) is 32.1 Å². The van der Waals surface area contributed by atoms with Crippen molar-refractivity contribution in [3.63, 3.8) is 0 Å². The Morgan fingerprint density at radius 2 is 1.78 bits per heavy atom. The molecule has 128 valence electrons. The number of aromatic amines is 1. The average molecular weight is 323 g/mol. The Kier molecular flexibility index (Phi) is 6.15. The molecule has 2 heterocycles. The highest BCUT2D eigenvalue weighted by molar-refractivity contribution is 6.00. The maximum atomic E-state index is 12.6. The van der Waals surface area contributed by atoms with Gasteiger partial charge >= 0.3 is 5.69 Å². The number of hydrogen-bond donors (Lipinski definition) is 3. The molecular formula is C16H27N4O3+. The summed E-state index contributed by atoms with van der Waals surface area (Å²) in [5, 5.41) is 0. The van der Waals surface area contributed by atoms with Crippen LogP contribution in [0, 0.1) is 0 Å². The van der Waals surface area contributed by atoms with Crippen molar-refractivity contribution in [1.29, 1.82) is 0 Å². The molecule has 4 N–H and O–H groups in total. The van der Waals surface area contributed by atoms with Gasteiger partial charge in [0.1, 0.15) is 17.9 Å². The number of aromatic nitrogens is 2. The Morgan fingerprint density at radius 3 is 2.39 bits per heavy atom. The van der Waals surface area contributed by atoms with E-state index < -0.39 is 11.2 Å². The number of nitrogens with two attached hydrogens (primary N) is 1. The van der Waals surface area contributed by atoms with E-state index in [9.17, 15) is 14.4 Å². The van der Waals surface area contributed by atoms with Gasteiger partial charge in [0.15, 0.2) is 0 Å². The predicted molar refractivity (Wildman–Crippen MR) is 89.0 cm³/mol. The van der Waals surface area contributed by atoms with Gasteiger partial charge < -0.3 is 10.6 Å². The molecular weight excluding hydrogens is 296 g/mol. The lowest BCUT2D eigenvalue weighted by atomic mass is 10.1. The van der Waals surface area contributed by atoms with E-state index in [2.05, 4.69) is 4.98 Å². The number of hydrogen-bond acceptors (Lipinski definition) is 4. The fourth-order valence-electron chi connectivity index (χ4n) is 3.20. The smallest absolute Gasteiger partial charge is 0.329 e. The van der Waals surface area contributed by atoms with Gasteiger partial charge in [-0.1, -0.05) is 13.3 Å². The topological polar surface area (TPSA) is 102 Å².